The SMILES string of the molecule is Cc1c(C(F)(F)F)cnc(N2CCCC(F)(F)CC2)c1C(=O)Nc1cccc([S@@](C)(=O)=NC(=O)C2(NC(=O)OC(C)(C)C)CCC2)c1. The lowest BCUT2D eigenvalue weighted by atomic mass is 9.76. The fraction of sp³-hybridized carbons (Fsp3) is 0.548. The molecule has 258 valence electrons. The van der Waals surface area contributed by atoms with E-state index < -0.39 is 80.4 Å². The van der Waals surface area contributed by atoms with Gasteiger partial charge in [-0.1, -0.05) is 6.07 Å². The van der Waals surface area contributed by atoms with Crippen molar-refractivity contribution in [2.45, 2.75) is 94.4 Å². The van der Waals surface area contributed by atoms with Crippen LogP contribution in [0.2, 0.25) is 0 Å². The number of nitrogens with zero attached hydrogens (tertiary/aromatic N) is 3. The minimum atomic E-state index is -4.84. The Balaban J connectivity index is 1.63. The van der Waals surface area contributed by atoms with E-state index in [-0.39, 0.29) is 48.8 Å². The minimum absolute atomic E-state index is 0.0279. The van der Waals surface area contributed by atoms with Gasteiger partial charge in [-0.2, -0.15) is 17.5 Å². The number of nitrogens with one attached hydrogen (secondary N) is 2. The molecule has 2 aromatic rings. The number of benzene rings is 1. The lowest BCUT2D eigenvalue weighted by molar-refractivity contribution is -0.138. The van der Waals surface area contributed by atoms with E-state index in [2.05, 4.69) is 20.0 Å². The van der Waals surface area contributed by atoms with E-state index in [1.54, 1.807) is 20.8 Å². The van der Waals surface area contributed by atoms with E-state index in [4.69, 9.17) is 4.74 Å². The molecule has 3 amide bonds. The van der Waals surface area contributed by atoms with Crippen molar-refractivity contribution in [1.82, 2.24) is 10.3 Å². The van der Waals surface area contributed by atoms with Crippen molar-refractivity contribution in [3.8, 4) is 0 Å². The summed E-state index contributed by atoms with van der Waals surface area (Å²) in [4.78, 5) is 44.6. The van der Waals surface area contributed by atoms with Crippen LogP contribution in [0.25, 0.3) is 0 Å². The molecule has 4 rings (SSSR count). The largest absolute Gasteiger partial charge is 0.444 e. The van der Waals surface area contributed by atoms with E-state index in [1.807, 2.05) is 0 Å². The van der Waals surface area contributed by atoms with Gasteiger partial charge in [0.15, 0.2) is 0 Å². The lowest BCUT2D eigenvalue weighted by Crippen LogP contribution is -2.59. The molecule has 0 spiro atoms. The van der Waals surface area contributed by atoms with Crippen molar-refractivity contribution in [3.05, 3.63) is 47.2 Å². The van der Waals surface area contributed by atoms with Crippen LogP contribution >= 0.6 is 0 Å². The van der Waals surface area contributed by atoms with Crippen LogP contribution in [0.3, 0.4) is 0 Å². The highest BCUT2D eigenvalue weighted by Crippen LogP contribution is 2.38. The Morgan fingerprint density at radius 3 is 2.32 bits per heavy atom. The fourth-order valence-corrected chi connectivity index (χ4v) is 6.66. The zero-order chi connectivity index (χ0) is 35.0. The molecular formula is C31H38F5N5O5S. The van der Waals surface area contributed by atoms with Gasteiger partial charge in [-0.3, -0.25) is 9.59 Å². The Morgan fingerprint density at radius 1 is 1.04 bits per heavy atom. The summed E-state index contributed by atoms with van der Waals surface area (Å²) in [7, 11) is -3.45. The van der Waals surface area contributed by atoms with Crippen LogP contribution in [0.4, 0.5) is 38.3 Å². The van der Waals surface area contributed by atoms with E-state index in [0.29, 0.717) is 12.6 Å². The molecule has 0 bridgehead atoms. The van der Waals surface area contributed by atoms with Gasteiger partial charge in [-0.05, 0) is 77.1 Å². The number of aromatic nitrogens is 1. The Hall–Kier alpha value is -3.82. The smallest absolute Gasteiger partial charge is 0.418 e. The number of ether oxygens (including phenoxy) is 1. The Kier molecular flexibility index (Phi) is 9.96. The molecular weight excluding hydrogens is 649 g/mol. The van der Waals surface area contributed by atoms with Crippen LogP contribution in [-0.2, 0) is 25.4 Å². The summed E-state index contributed by atoms with van der Waals surface area (Å²) >= 11 is 0. The lowest BCUT2D eigenvalue weighted by Gasteiger charge is -2.39. The van der Waals surface area contributed by atoms with Gasteiger partial charge in [-0.25, -0.2) is 22.8 Å². The third-order valence-electron chi connectivity index (χ3n) is 8.01. The van der Waals surface area contributed by atoms with Crippen molar-refractivity contribution in [3.63, 3.8) is 0 Å². The highest BCUT2D eigenvalue weighted by molar-refractivity contribution is 7.93. The van der Waals surface area contributed by atoms with E-state index in [0.717, 1.165) is 6.92 Å². The van der Waals surface area contributed by atoms with Gasteiger partial charge < -0.3 is 20.3 Å². The molecule has 1 aliphatic heterocycles. The van der Waals surface area contributed by atoms with E-state index in [1.165, 1.54) is 35.4 Å². The first kappa shape index (κ1) is 36.0. The number of hydrogen-bond donors (Lipinski definition) is 2. The molecule has 1 aliphatic carbocycles. The predicted molar refractivity (Wildman–Crippen MR) is 165 cm³/mol. The molecule has 1 aromatic carbocycles. The Bertz CT molecular complexity index is 1680. The number of carbonyl (C=O) groups excluding carboxylic acids is 3. The quantitative estimate of drug-likeness (QED) is 0.323. The molecule has 2 heterocycles. The van der Waals surface area contributed by atoms with Crippen LogP contribution in [-0.4, -0.2) is 63.5 Å². The second-order valence-corrected chi connectivity index (χ2v) is 15.2. The zero-order valence-corrected chi connectivity index (χ0v) is 27.5. The summed E-state index contributed by atoms with van der Waals surface area (Å²) in [6.45, 7) is 5.94. The number of pyridine rings is 1. The third-order valence-corrected chi connectivity index (χ3v) is 9.65. The van der Waals surface area contributed by atoms with Crippen molar-refractivity contribution in [2.75, 3.05) is 29.6 Å². The first-order chi connectivity index (χ1) is 21.6. The second kappa shape index (κ2) is 13.0. The highest BCUT2D eigenvalue weighted by atomic mass is 32.2. The summed E-state index contributed by atoms with van der Waals surface area (Å²) in [6.07, 6.45) is -3.63. The normalized spacial score (nSPS) is 19.0. The topological polar surface area (TPSA) is 130 Å². The number of amides is 3. The molecule has 2 fully saturated rings. The number of alkyl halides is 5. The summed E-state index contributed by atoms with van der Waals surface area (Å²) in [5.74, 6) is -4.92. The van der Waals surface area contributed by atoms with Crippen LogP contribution in [0, 0.1) is 6.92 Å². The summed E-state index contributed by atoms with van der Waals surface area (Å²) in [5.41, 5.74) is -4.19. The van der Waals surface area contributed by atoms with Crippen LogP contribution < -0.4 is 15.5 Å². The number of hydrogen-bond acceptors (Lipinski definition) is 7. The molecule has 16 heteroatoms. The van der Waals surface area contributed by atoms with Gasteiger partial charge in [0, 0.05) is 49.0 Å². The Labute approximate surface area is 270 Å². The van der Waals surface area contributed by atoms with Gasteiger partial charge in [0.05, 0.1) is 20.9 Å². The minimum Gasteiger partial charge on any atom is -0.444 e. The molecule has 1 atom stereocenters. The van der Waals surface area contributed by atoms with Crippen molar-refractivity contribution in [1.29, 1.82) is 0 Å². The average molecular weight is 688 g/mol. The number of anilines is 2. The number of alkyl carbamates (subject to hydrolysis) is 1. The molecule has 1 saturated carbocycles. The fourth-order valence-electron chi connectivity index (χ4n) is 5.39. The predicted octanol–water partition coefficient (Wildman–Crippen LogP) is 6.72. The Morgan fingerprint density at radius 2 is 1.72 bits per heavy atom. The maximum atomic E-state index is 14.1. The number of rotatable bonds is 6. The highest BCUT2D eigenvalue weighted by Gasteiger charge is 2.47. The van der Waals surface area contributed by atoms with E-state index >= 15 is 0 Å². The van der Waals surface area contributed by atoms with Gasteiger partial charge in [0.25, 0.3) is 11.8 Å². The summed E-state index contributed by atoms with van der Waals surface area (Å²) < 4.78 is 92.5. The van der Waals surface area contributed by atoms with Crippen molar-refractivity contribution >= 4 is 39.1 Å². The number of halogens is 5. The molecule has 0 radical (unpaired) electrons. The molecule has 1 aromatic heterocycles. The molecule has 0 unspecified atom stereocenters. The average Bonchev–Trinajstić information content (AvgIpc) is 3.08. The molecule has 1 saturated heterocycles. The van der Waals surface area contributed by atoms with Gasteiger partial charge in [0.2, 0.25) is 5.92 Å². The third kappa shape index (κ3) is 8.56. The zero-order valence-electron chi connectivity index (χ0n) is 26.7. The summed E-state index contributed by atoms with van der Waals surface area (Å²) in [5, 5.41) is 5.07. The molecule has 2 aliphatic rings. The molecule has 47 heavy (non-hydrogen) atoms. The van der Waals surface area contributed by atoms with E-state index in [9.17, 15) is 40.5 Å². The van der Waals surface area contributed by atoms with Gasteiger partial charge in [-0.15, -0.1) is 0 Å². The second-order valence-electron chi connectivity index (χ2n) is 12.9. The summed E-state index contributed by atoms with van der Waals surface area (Å²) in [6, 6.07) is 5.50. The van der Waals surface area contributed by atoms with Crippen LogP contribution in [0.15, 0.2) is 39.7 Å². The van der Waals surface area contributed by atoms with Gasteiger partial charge in [0.1, 0.15) is 17.0 Å². The van der Waals surface area contributed by atoms with Crippen LogP contribution in [0.5, 0.6) is 0 Å². The standard InChI is InChI=1S/C31H38F5N5O5S/c1-19-22(31(34,35)36)18-37-24(41-15-8-13-30(32,33)14-16-41)23(19)25(42)38-20-9-6-10-21(17-20)47(5,45)40-26(43)29(11-7-12-29)39-27(44)46-28(2,3)4/h6,9-10,17-18H,7-8,11-16H2,1-5H3,(H,38,42)(H,39,44)/t47-/m1/s1. The van der Waals surface area contributed by atoms with Gasteiger partial charge >= 0.3 is 12.3 Å². The van der Waals surface area contributed by atoms with Crippen molar-refractivity contribution in [2.24, 2.45) is 4.36 Å². The number of carbonyl (C=O) groups is 3. The maximum absolute atomic E-state index is 14.1. The molecule has 10 nitrogen and oxygen atoms in total. The molecule has 2 N–H and O–H groups in total. The monoisotopic (exact) mass is 687 g/mol. The maximum Gasteiger partial charge on any atom is 0.418 e. The first-order valence-corrected chi connectivity index (χ1v) is 16.9. The van der Waals surface area contributed by atoms with Crippen LogP contribution in [0.1, 0.15) is 80.8 Å². The van der Waals surface area contributed by atoms with Crippen molar-refractivity contribution < 1.29 is 45.3 Å². The first-order valence-electron chi connectivity index (χ1n) is 15.0.